The molecule has 1 rings (SSSR count). The molecule has 0 fully saturated rings. The number of pyridine rings is 1. The molecule has 0 aromatic carbocycles. The van der Waals surface area contributed by atoms with Gasteiger partial charge in [0.2, 0.25) is 0 Å². The third-order valence-electron chi connectivity index (χ3n) is 1.62. The Morgan fingerprint density at radius 2 is 2.00 bits per heavy atom. The van der Waals surface area contributed by atoms with Gasteiger partial charge in [0.15, 0.2) is 0 Å². The molecule has 15 heavy (non-hydrogen) atoms. The lowest BCUT2D eigenvalue weighted by Crippen LogP contribution is -2.04. The van der Waals surface area contributed by atoms with Crippen molar-refractivity contribution in [1.82, 2.24) is 4.98 Å². The van der Waals surface area contributed by atoms with Gasteiger partial charge >= 0.3 is 0 Å². The molecule has 0 unspecified atom stereocenters. The van der Waals surface area contributed by atoms with Crippen molar-refractivity contribution in [3.63, 3.8) is 0 Å². The van der Waals surface area contributed by atoms with E-state index < -0.39 is 25.9 Å². The lowest BCUT2D eigenvalue weighted by molar-refractivity contribution is 0.147. The van der Waals surface area contributed by atoms with Crippen molar-refractivity contribution in [1.29, 1.82) is 0 Å². The highest BCUT2D eigenvalue weighted by molar-refractivity contribution is 8.13. The maximum atomic E-state index is 12.5. The Kier molecular flexibility index (Phi) is 3.86. The van der Waals surface area contributed by atoms with E-state index in [4.69, 9.17) is 22.3 Å². The van der Waals surface area contributed by atoms with Gasteiger partial charge in [-0.15, -0.1) is 11.6 Å². The first-order valence-corrected chi connectivity index (χ1v) is 6.48. The first kappa shape index (κ1) is 12.6. The van der Waals surface area contributed by atoms with E-state index in [0.717, 1.165) is 12.4 Å². The standard InChI is InChI=1S/C7H5Cl2F2NO2S/c8-1-4-2-12-3-5(7(10)11)6(4)15(9,13)14/h2-3,7H,1H2. The highest BCUT2D eigenvalue weighted by atomic mass is 35.7. The van der Waals surface area contributed by atoms with Crippen LogP contribution in [-0.4, -0.2) is 13.4 Å². The summed E-state index contributed by atoms with van der Waals surface area (Å²) in [5, 5.41) is 0. The lowest BCUT2D eigenvalue weighted by Gasteiger charge is -2.08. The summed E-state index contributed by atoms with van der Waals surface area (Å²) in [4.78, 5) is 2.81. The van der Waals surface area contributed by atoms with Gasteiger partial charge in [0, 0.05) is 28.6 Å². The van der Waals surface area contributed by atoms with Crippen molar-refractivity contribution in [2.75, 3.05) is 0 Å². The zero-order valence-corrected chi connectivity index (χ0v) is 9.45. The number of hydrogen-bond donors (Lipinski definition) is 0. The van der Waals surface area contributed by atoms with Crippen molar-refractivity contribution in [3.8, 4) is 0 Å². The van der Waals surface area contributed by atoms with E-state index in [1.54, 1.807) is 0 Å². The van der Waals surface area contributed by atoms with Gasteiger partial charge in [-0.05, 0) is 0 Å². The molecule has 0 radical (unpaired) electrons. The van der Waals surface area contributed by atoms with Crippen molar-refractivity contribution in [2.24, 2.45) is 0 Å². The Labute approximate surface area is 94.4 Å². The molecule has 0 amide bonds. The second kappa shape index (κ2) is 4.59. The molecule has 0 bridgehead atoms. The Bertz CT molecular complexity index is 464. The summed E-state index contributed by atoms with van der Waals surface area (Å²) in [6, 6.07) is 0. The van der Waals surface area contributed by atoms with Crippen molar-refractivity contribution >= 4 is 31.3 Å². The van der Waals surface area contributed by atoms with Gasteiger partial charge in [0.05, 0.1) is 16.3 Å². The van der Waals surface area contributed by atoms with E-state index in [0.29, 0.717) is 0 Å². The minimum Gasteiger partial charge on any atom is -0.264 e. The van der Waals surface area contributed by atoms with Crippen molar-refractivity contribution in [2.45, 2.75) is 17.2 Å². The van der Waals surface area contributed by atoms with Crippen LogP contribution in [0.15, 0.2) is 17.3 Å². The summed E-state index contributed by atoms with van der Waals surface area (Å²) in [5.74, 6) is -0.255. The molecule has 0 N–H and O–H groups in total. The summed E-state index contributed by atoms with van der Waals surface area (Å²) in [6.45, 7) is 0. The molecule has 0 aliphatic carbocycles. The summed E-state index contributed by atoms with van der Waals surface area (Å²) in [7, 11) is 0.791. The molecular formula is C7H5Cl2F2NO2S. The van der Waals surface area contributed by atoms with Crippen LogP contribution >= 0.6 is 22.3 Å². The zero-order chi connectivity index (χ0) is 11.6. The smallest absolute Gasteiger partial charge is 0.264 e. The van der Waals surface area contributed by atoms with Gasteiger partial charge in [0.1, 0.15) is 0 Å². The van der Waals surface area contributed by atoms with Crippen LogP contribution in [0.4, 0.5) is 8.78 Å². The second-order valence-corrected chi connectivity index (χ2v) is 5.36. The van der Waals surface area contributed by atoms with Crippen LogP contribution in [-0.2, 0) is 14.9 Å². The number of halogens is 4. The number of alkyl halides is 3. The van der Waals surface area contributed by atoms with Gasteiger partial charge in [-0.2, -0.15) is 0 Å². The molecule has 0 spiro atoms. The van der Waals surface area contributed by atoms with Crippen molar-refractivity contribution < 1.29 is 17.2 Å². The summed E-state index contributed by atoms with van der Waals surface area (Å²) < 4.78 is 47.1. The molecule has 0 atom stereocenters. The molecule has 8 heteroatoms. The topological polar surface area (TPSA) is 47.0 Å². The Hall–Kier alpha value is -0.460. The van der Waals surface area contributed by atoms with Gasteiger partial charge in [-0.1, -0.05) is 0 Å². The molecule has 0 aliphatic heterocycles. The average Bonchev–Trinajstić information content (AvgIpc) is 2.15. The molecule has 84 valence electrons. The fraction of sp³-hybridized carbons (Fsp3) is 0.286. The predicted octanol–water partition coefficient (Wildman–Crippen LogP) is 2.69. The summed E-state index contributed by atoms with van der Waals surface area (Å²) >= 11 is 5.41. The molecule has 3 nitrogen and oxygen atoms in total. The maximum Gasteiger partial charge on any atom is 0.266 e. The third kappa shape index (κ3) is 2.76. The molecule has 1 aromatic heterocycles. The average molecular weight is 276 g/mol. The van der Waals surface area contributed by atoms with E-state index in [9.17, 15) is 17.2 Å². The largest absolute Gasteiger partial charge is 0.266 e. The highest BCUT2D eigenvalue weighted by Crippen LogP contribution is 2.31. The van der Waals surface area contributed by atoms with Crippen LogP contribution < -0.4 is 0 Å². The molecule has 0 aliphatic rings. The summed E-state index contributed by atoms with van der Waals surface area (Å²) in [5.41, 5.74) is -0.771. The SMILES string of the molecule is O=S(=O)(Cl)c1c(CCl)cncc1C(F)F. The van der Waals surface area contributed by atoms with E-state index >= 15 is 0 Å². The Morgan fingerprint density at radius 1 is 1.40 bits per heavy atom. The zero-order valence-electron chi connectivity index (χ0n) is 7.12. The van der Waals surface area contributed by atoms with Crippen LogP contribution in [0.25, 0.3) is 0 Å². The van der Waals surface area contributed by atoms with Crippen LogP contribution in [0.3, 0.4) is 0 Å². The normalized spacial score (nSPS) is 12.1. The van der Waals surface area contributed by atoms with Crippen LogP contribution in [0.5, 0.6) is 0 Å². The fourth-order valence-electron chi connectivity index (χ4n) is 1.06. The van der Waals surface area contributed by atoms with Gasteiger partial charge in [-0.3, -0.25) is 4.98 Å². The lowest BCUT2D eigenvalue weighted by atomic mass is 10.2. The minimum absolute atomic E-state index is 0.0375. The maximum absolute atomic E-state index is 12.5. The van der Waals surface area contributed by atoms with E-state index in [1.165, 1.54) is 0 Å². The summed E-state index contributed by atoms with van der Waals surface area (Å²) in [6.07, 6.45) is -1.12. The molecular weight excluding hydrogens is 271 g/mol. The molecule has 1 aromatic rings. The monoisotopic (exact) mass is 275 g/mol. The second-order valence-electron chi connectivity index (χ2n) is 2.59. The van der Waals surface area contributed by atoms with Gasteiger partial charge in [-0.25, -0.2) is 17.2 Å². The number of hydrogen-bond acceptors (Lipinski definition) is 3. The van der Waals surface area contributed by atoms with Gasteiger partial charge in [0.25, 0.3) is 15.5 Å². The first-order chi connectivity index (χ1) is 6.88. The Morgan fingerprint density at radius 3 is 2.40 bits per heavy atom. The van der Waals surface area contributed by atoms with E-state index in [-0.39, 0.29) is 11.4 Å². The Balaban J connectivity index is 3.55. The molecule has 1 heterocycles. The van der Waals surface area contributed by atoms with Gasteiger partial charge < -0.3 is 0 Å². The number of rotatable bonds is 3. The third-order valence-corrected chi connectivity index (χ3v) is 3.36. The van der Waals surface area contributed by atoms with E-state index in [2.05, 4.69) is 4.98 Å². The van der Waals surface area contributed by atoms with Crippen LogP contribution in [0.2, 0.25) is 0 Å². The number of nitrogens with zero attached hydrogens (tertiary/aromatic N) is 1. The highest BCUT2D eigenvalue weighted by Gasteiger charge is 2.25. The minimum atomic E-state index is -4.25. The molecule has 0 saturated heterocycles. The predicted molar refractivity (Wildman–Crippen MR) is 51.8 cm³/mol. The number of aromatic nitrogens is 1. The van der Waals surface area contributed by atoms with Crippen molar-refractivity contribution in [3.05, 3.63) is 23.5 Å². The quantitative estimate of drug-likeness (QED) is 0.630. The molecule has 0 saturated carbocycles. The van der Waals surface area contributed by atoms with Crippen LogP contribution in [0, 0.1) is 0 Å². The fourth-order valence-corrected chi connectivity index (χ4v) is 2.77. The van der Waals surface area contributed by atoms with E-state index in [1.807, 2.05) is 0 Å². The first-order valence-electron chi connectivity index (χ1n) is 3.63. The van der Waals surface area contributed by atoms with Crippen LogP contribution in [0.1, 0.15) is 17.6 Å².